The number of nitrogens with one attached hydrogen (secondary N) is 1. The van der Waals surface area contributed by atoms with Crippen LogP contribution in [0, 0.1) is 11.8 Å². The van der Waals surface area contributed by atoms with Crippen molar-refractivity contribution in [2.24, 2.45) is 11.8 Å². The maximum atomic E-state index is 13.1. The maximum absolute atomic E-state index is 13.1. The lowest BCUT2D eigenvalue weighted by Gasteiger charge is -2.37. The van der Waals surface area contributed by atoms with Crippen LogP contribution in [0.2, 0.25) is 0 Å². The highest BCUT2D eigenvalue weighted by atomic mass is 16.2. The zero-order valence-corrected chi connectivity index (χ0v) is 16.7. The molecule has 6 heteroatoms. The Labute approximate surface area is 165 Å². The SMILES string of the molecule is C=CCN1C(=O)C(c2ccc(NC(C)=O)cc2)=C(N2CC(C)CC(C)C2)C1=O. The molecule has 1 N–H and O–H groups in total. The number of anilines is 1. The quantitative estimate of drug-likeness (QED) is 0.629. The van der Waals surface area contributed by atoms with Gasteiger partial charge in [-0.1, -0.05) is 32.1 Å². The van der Waals surface area contributed by atoms with E-state index in [4.69, 9.17) is 0 Å². The number of rotatable bonds is 5. The minimum atomic E-state index is -0.293. The minimum Gasteiger partial charge on any atom is -0.366 e. The van der Waals surface area contributed by atoms with Crippen LogP contribution in [0.3, 0.4) is 0 Å². The van der Waals surface area contributed by atoms with Gasteiger partial charge in [-0.05, 0) is 36.0 Å². The molecular weight excluding hydrogens is 354 g/mol. The Bertz CT molecular complexity index is 831. The lowest BCUT2D eigenvalue weighted by atomic mass is 9.91. The molecule has 2 aliphatic rings. The number of carbonyl (C=O) groups is 3. The second kappa shape index (κ2) is 8.00. The molecular formula is C22H27N3O3. The Morgan fingerprint density at radius 1 is 1.14 bits per heavy atom. The van der Waals surface area contributed by atoms with Crippen molar-refractivity contribution < 1.29 is 14.4 Å². The van der Waals surface area contributed by atoms with Crippen LogP contribution in [0.4, 0.5) is 5.69 Å². The number of amides is 3. The van der Waals surface area contributed by atoms with Gasteiger partial charge in [-0.15, -0.1) is 6.58 Å². The Morgan fingerprint density at radius 3 is 2.29 bits per heavy atom. The molecule has 1 aromatic carbocycles. The number of carbonyl (C=O) groups excluding carboxylic acids is 3. The number of benzene rings is 1. The predicted molar refractivity (Wildman–Crippen MR) is 109 cm³/mol. The highest BCUT2D eigenvalue weighted by Crippen LogP contribution is 2.35. The number of hydrogen-bond acceptors (Lipinski definition) is 4. The van der Waals surface area contributed by atoms with Gasteiger partial charge in [0.1, 0.15) is 5.70 Å². The van der Waals surface area contributed by atoms with Gasteiger partial charge in [0.05, 0.1) is 5.57 Å². The molecule has 1 fully saturated rings. The van der Waals surface area contributed by atoms with Crippen molar-refractivity contribution in [1.29, 1.82) is 0 Å². The van der Waals surface area contributed by atoms with Crippen molar-refractivity contribution in [1.82, 2.24) is 9.80 Å². The molecule has 148 valence electrons. The molecule has 28 heavy (non-hydrogen) atoms. The average Bonchev–Trinajstić information content (AvgIpc) is 2.86. The summed E-state index contributed by atoms with van der Waals surface area (Å²) in [6.45, 7) is 11.2. The van der Waals surface area contributed by atoms with Crippen LogP contribution in [0.1, 0.15) is 32.8 Å². The number of nitrogens with zero attached hydrogens (tertiary/aromatic N) is 2. The van der Waals surface area contributed by atoms with Gasteiger partial charge in [0.2, 0.25) is 5.91 Å². The molecule has 1 saturated heterocycles. The van der Waals surface area contributed by atoms with E-state index < -0.39 is 0 Å². The van der Waals surface area contributed by atoms with Gasteiger partial charge < -0.3 is 10.2 Å². The van der Waals surface area contributed by atoms with Crippen LogP contribution in [-0.4, -0.2) is 47.2 Å². The van der Waals surface area contributed by atoms with E-state index in [-0.39, 0.29) is 24.3 Å². The number of hydrogen-bond donors (Lipinski definition) is 1. The summed E-state index contributed by atoms with van der Waals surface area (Å²) < 4.78 is 0. The lowest BCUT2D eigenvalue weighted by molar-refractivity contribution is -0.137. The molecule has 0 saturated carbocycles. The molecule has 1 aromatic rings. The molecule has 0 aliphatic carbocycles. The molecule has 2 aliphatic heterocycles. The van der Waals surface area contributed by atoms with E-state index in [1.807, 2.05) is 0 Å². The van der Waals surface area contributed by atoms with Crippen molar-refractivity contribution >= 4 is 29.0 Å². The van der Waals surface area contributed by atoms with Gasteiger partial charge in [-0.25, -0.2) is 0 Å². The summed E-state index contributed by atoms with van der Waals surface area (Å²) in [6.07, 6.45) is 2.68. The molecule has 0 spiro atoms. The first kappa shape index (κ1) is 19.9. The van der Waals surface area contributed by atoms with Crippen LogP contribution >= 0.6 is 0 Å². The Balaban J connectivity index is 2.04. The number of piperidine rings is 1. The van der Waals surface area contributed by atoms with E-state index in [0.717, 1.165) is 19.5 Å². The highest BCUT2D eigenvalue weighted by Gasteiger charge is 2.42. The fourth-order valence-corrected chi connectivity index (χ4v) is 4.18. The molecule has 2 atom stereocenters. The first-order valence-corrected chi connectivity index (χ1v) is 9.66. The summed E-state index contributed by atoms with van der Waals surface area (Å²) in [5.74, 6) is 0.199. The second-order valence-corrected chi connectivity index (χ2v) is 7.84. The zero-order valence-electron chi connectivity index (χ0n) is 16.7. The third kappa shape index (κ3) is 3.86. The topological polar surface area (TPSA) is 69.7 Å². The highest BCUT2D eigenvalue weighted by molar-refractivity contribution is 6.35. The maximum Gasteiger partial charge on any atom is 0.278 e. The van der Waals surface area contributed by atoms with E-state index in [0.29, 0.717) is 34.4 Å². The first-order chi connectivity index (χ1) is 13.3. The van der Waals surface area contributed by atoms with Crippen molar-refractivity contribution in [3.05, 3.63) is 48.2 Å². The van der Waals surface area contributed by atoms with Crippen LogP contribution in [0.15, 0.2) is 42.6 Å². The largest absolute Gasteiger partial charge is 0.366 e. The third-order valence-corrected chi connectivity index (χ3v) is 5.13. The lowest BCUT2D eigenvalue weighted by Crippen LogP contribution is -2.41. The van der Waals surface area contributed by atoms with E-state index in [1.54, 1.807) is 30.3 Å². The van der Waals surface area contributed by atoms with Gasteiger partial charge in [0, 0.05) is 32.2 Å². The summed E-state index contributed by atoms with van der Waals surface area (Å²) in [5, 5.41) is 2.72. The predicted octanol–water partition coefficient (Wildman–Crippen LogP) is 2.89. The molecule has 2 unspecified atom stereocenters. The molecule has 3 rings (SSSR count). The third-order valence-electron chi connectivity index (χ3n) is 5.13. The summed E-state index contributed by atoms with van der Waals surface area (Å²) >= 11 is 0. The van der Waals surface area contributed by atoms with Gasteiger partial charge in [-0.3, -0.25) is 19.3 Å². The van der Waals surface area contributed by atoms with Gasteiger partial charge in [0.15, 0.2) is 0 Å². The monoisotopic (exact) mass is 381 g/mol. The zero-order chi connectivity index (χ0) is 20.4. The van der Waals surface area contributed by atoms with Gasteiger partial charge in [0.25, 0.3) is 11.8 Å². The summed E-state index contributed by atoms with van der Waals surface area (Å²) in [6, 6.07) is 7.05. The van der Waals surface area contributed by atoms with Crippen LogP contribution in [0.5, 0.6) is 0 Å². The molecule has 2 heterocycles. The van der Waals surface area contributed by atoms with Gasteiger partial charge in [-0.2, -0.15) is 0 Å². The van der Waals surface area contributed by atoms with Crippen LogP contribution in [-0.2, 0) is 14.4 Å². The molecule has 0 bridgehead atoms. The van der Waals surface area contributed by atoms with Crippen LogP contribution in [0.25, 0.3) is 5.57 Å². The molecule has 6 nitrogen and oxygen atoms in total. The molecule has 0 radical (unpaired) electrons. The van der Waals surface area contributed by atoms with E-state index in [9.17, 15) is 14.4 Å². The fraction of sp³-hybridized carbons (Fsp3) is 0.409. The van der Waals surface area contributed by atoms with E-state index in [1.165, 1.54) is 11.8 Å². The summed E-state index contributed by atoms with van der Waals surface area (Å²) in [4.78, 5) is 40.8. The minimum absolute atomic E-state index is 0.159. The van der Waals surface area contributed by atoms with Crippen molar-refractivity contribution in [2.75, 3.05) is 25.0 Å². The average molecular weight is 381 g/mol. The molecule has 3 amide bonds. The van der Waals surface area contributed by atoms with E-state index in [2.05, 4.69) is 30.6 Å². The smallest absolute Gasteiger partial charge is 0.278 e. The van der Waals surface area contributed by atoms with Crippen molar-refractivity contribution in [3.63, 3.8) is 0 Å². The second-order valence-electron chi connectivity index (χ2n) is 7.84. The standard InChI is InChI=1S/C22H27N3O3/c1-5-10-25-21(27)19(17-6-8-18(9-7-17)23-16(4)26)20(22(25)28)24-12-14(2)11-15(3)13-24/h5-9,14-15H,1,10-13H2,2-4H3,(H,23,26). The van der Waals surface area contributed by atoms with Gasteiger partial charge >= 0.3 is 0 Å². The normalized spacial score (nSPS) is 22.7. The molecule has 0 aromatic heterocycles. The Morgan fingerprint density at radius 2 is 1.75 bits per heavy atom. The van der Waals surface area contributed by atoms with Crippen LogP contribution < -0.4 is 5.32 Å². The Kier molecular flexibility index (Phi) is 5.68. The van der Waals surface area contributed by atoms with Crippen molar-refractivity contribution in [2.45, 2.75) is 27.2 Å². The van der Waals surface area contributed by atoms with E-state index >= 15 is 0 Å². The number of imide groups is 1. The summed E-state index contributed by atoms with van der Waals surface area (Å²) in [7, 11) is 0. The summed E-state index contributed by atoms with van der Waals surface area (Å²) in [5.41, 5.74) is 2.25. The number of likely N-dealkylation sites (tertiary alicyclic amines) is 1. The van der Waals surface area contributed by atoms with Crippen molar-refractivity contribution in [3.8, 4) is 0 Å². The first-order valence-electron chi connectivity index (χ1n) is 9.66. The fourth-order valence-electron chi connectivity index (χ4n) is 4.18. The Hall–Kier alpha value is -2.89.